The van der Waals surface area contributed by atoms with E-state index in [1.165, 1.54) is 11.3 Å². The third-order valence-electron chi connectivity index (χ3n) is 5.41. The molecule has 10 heteroatoms. The van der Waals surface area contributed by atoms with Gasteiger partial charge in [0.1, 0.15) is 16.8 Å². The van der Waals surface area contributed by atoms with Gasteiger partial charge in [0.25, 0.3) is 5.91 Å². The van der Waals surface area contributed by atoms with Crippen LogP contribution in [0, 0.1) is 0 Å². The molecule has 164 valence electrons. The van der Waals surface area contributed by atoms with Gasteiger partial charge in [0.2, 0.25) is 17.8 Å². The molecule has 1 N–H and O–H groups in total. The standard InChI is InChI=1S/C22H20N4O5S/c1-29-15-5-2-4-14(10-15)21(28)26-9-3-6-16(26)19(27)23-22-25-24-20(32-22)13-7-8-17-18(11-13)31-12-30-17/h2,4-5,7-8,10-11,16H,3,6,9,12H2,1H3,(H,23,25,27). The summed E-state index contributed by atoms with van der Waals surface area (Å²) in [6, 6.07) is 11.9. The van der Waals surface area contributed by atoms with E-state index in [1.54, 1.807) is 36.3 Å². The number of hydrogen-bond acceptors (Lipinski definition) is 8. The lowest BCUT2D eigenvalue weighted by Crippen LogP contribution is -2.43. The predicted molar refractivity (Wildman–Crippen MR) is 117 cm³/mol. The first-order chi connectivity index (χ1) is 15.6. The molecular weight excluding hydrogens is 432 g/mol. The molecule has 3 heterocycles. The van der Waals surface area contributed by atoms with Crippen molar-refractivity contribution >= 4 is 28.3 Å². The molecule has 0 spiro atoms. The van der Waals surface area contributed by atoms with Crippen LogP contribution in [0.15, 0.2) is 42.5 Å². The van der Waals surface area contributed by atoms with Crippen molar-refractivity contribution in [2.45, 2.75) is 18.9 Å². The summed E-state index contributed by atoms with van der Waals surface area (Å²) in [7, 11) is 1.55. The Bertz CT molecular complexity index is 1180. The number of carbonyl (C=O) groups excluding carboxylic acids is 2. The average Bonchev–Trinajstić information content (AvgIpc) is 3.58. The maximum absolute atomic E-state index is 13.0. The molecule has 32 heavy (non-hydrogen) atoms. The number of amides is 2. The quantitative estimate of drug-likeness (QED) is 0.634. The Balaban J connectivity index is 1.29. The minimum absolute atomic E-state index is 0.195. The number of carbonyl (C=O) groups is 2. The summed E-state index contributed by atoms with van der Waals surface area (Å²) in [5, 5.41) is 12.1. The molecular formula is C22H20N4O5S. The Morgan fingerprint density at radius 1 is 1.16 bits per heavy atom. The van der Waals surface area contributed by atoms with Crippen molar-refractivity contribution in [1.82, 2.24) is 15.1 Å². The molecule has 3 aromatic rings. The zero-order valence-corrected chi connectivity index (χ0v) is 18.1. The first kappa shape index (κ1) is 20.3. The number of benzene rings is 2. The molecule has 1 unspecified atom stereocenters. The fourth-order valence-corrected chi connectivity index (χ4v) is 4.56. The number of methoxy groups -OCH3 is 1. The van der Waals surface area contributed by atoms with E-state index in [9.17, 15) is 9.59 Å². The lowest BCUT2D eigenvalue weighted by Gasteiger charge is -2.23. The first-order valence-electron chi connectivity index (χ1n) is 10.1. The van der Waals surface area contributed by atoms with Gasteiger partial charge in [0.05, 0.1) is 7.11 Å². The topological polar surface area (TPSA) is 103 Å². The minimum atomic E-state index is -0.563. The number of hydrogen-bond donors (Lipinski definition) is 1. The van der Waals surface area contributed by atoms with E-state index < -0.39 is 6.04 Å². The van der Waals surface area contributed by atoms with Crippen LogP contribution in [0.25, 0.3) is 10.6 Å². The second kappa shape index (κ2) is 8.46. The van der Waals surface area contributed by atoms with Gasteiger partial charge in [-0.2, -0.15) is 0 Å². The average molecular weight is 452 g/mol. The maximum Gasteiger partial charge on any atom is 0.254 e. The van der Waals surface area contributed by atoms with Crippen LogP contribution < -0.4 is 19.5 Å². The number of nitrogens with zero attached hydrogens (tertiary/aromatic N) is 3. The molecule has 5 rings (SSSR count). The molecule has 2 aliphatic rings. The van der Waals surface area contributed by atoms with Crippen LogP contribution in [0.2, 0.25) is 0 Å². The monoisotopic (exact) mass is 452 g/mol. The summed E-state index contributed by atoms with van der Waals surface area (Å²) >= 11 is 1.26. The molecule has 2 amide bonds. The number of ether oxygens (including phenoxy) is 3. The van der Waals surface area contributed by atoms with E-state index in [2.05, 4.69) is 15.5 Å². The number of fused-ring (bicyclic) bond motifs is 1. The van der Waals surface area contributed by atoms with E-state index in [4.69, 9.17) is 14.2 Å². The minimum Gasteiger partial charge on any atom is -0.497 e. The molecule has 1 aromatic heterocycles. The molecule has 0 saturated carbocycles. The predicted octanol–water partition coefficient (Wildman–Crippen LogP) is 3.19. The molecule has 2 aliphatic heterocycles. The lowest BCUT2D eigenvalue weighted by atomic mass is 10.1. The zero-order valence-electron chi connectivity index (χ0n) is 17.2. The van der Waals surface area contributed by atoms with Crippen LogP contribution in [-0.4, -0.2) is 53.4 Å². The molecule has 0 aliphatic carbocycles. The molecule has 9 nitrogen and oxygen atoms in total. The van der Waals surface area contributed by atoms with Gasteiger partial charge in [0.15, 0.2) is 11.5 Å². The van der Waals surface area contributed by atoms with E-state index in [0.29, 0.717) is 45.9 Å². The van der Waals surface area contributed by atoms with Crippen molar-refractivity contribution in [3.05, 3.63) is 48.0 Å². The Morgan fingerprint density at radius 2 is 2.03 bits per heavy atom. The summed E-state index contributed by atoms with van der Waals surface area (Å²) in [4.78, 5) is 27.6. The molecule has 0 bridgehead atoms. The highest BCUT2D eigenvalue weighted by Crippen LogP contribution is 2.37. The van der Waals surface area contributed by atoms with Crippen molar-refractivity contribution in [3.8, 4) is 27.8 Å². The Labute approximate surface area is 187 Å². The number of aromatic nitrogens is 2. The fourth-order valence-electron chi connectivity index (χ4n) is 3.81. The van der Waals surface area contributed by atoms with Crippen LogP contribution in [0.3, 0.4) is 0 Å². The van der Waals surface area contributed by atoms with Gasteiger partial charge in [-0.25, -0.2) is 0 Å². The van der Waals surface area contributed by atoms with Gasteiger partial charge in [0, 0.05) is 17.7 Å². The van der Waals surface area contributed by atoms with Gasteiger partial charge in [-0.05, 0) is 49.2 Å². The largest absolute Gasteiger partial charge is 0.497 e. The first-order valence-corrected chi connectivity index (χ1v) is 10.9. The van der Waals surface area contributed by atoms with Gasteiger partial charge in [-0.1, -0.05) is 17.4 Å². The van der Waals surface area contributed by atoms with Crippen molar-refractivity contribution < 1.29 is 23.8 Å². The summed E-state index contributed by atoms with van der Waals surface area (Å²) in [6.45, 7) is 0.718. The molecule has 1 atom stereocenters. The third kappa shape index (κ3) is 3.84. The number of anilines is 1. The number of rotatable bonds is 5. The second-order valence-electron chi connectivity index (χ2n) is 7.36. The van der Waals surface area contributed by atoms with E-state index in [1.807, 2.05) is 18.2 Å². The molecule has 2 aromatic carbocycles. The summed E-state index contributed by atoms with van der Waals surface area (Å²) < 4.78 is 15.9. The third-order valence-corrected chi connectivity index (χ3v) is 6.30. The molecule has 1 saturated heterocycles. The van der Waals surface area contributed by atoms with Gasteiger partial charge >= 0.3 is 0 Å². The van der Waals surface area contributed by atoms with Crippen molar-refractivity contribution in [2.24, 2.45) is 0 Å². The van der Waals surface area contributed by atoms with E-state index in [-0.39, 0.29) is 18.6 Å². The summed E-state index contributed by atoms with van der Waals surface area (Å²) in [5.41, 5.74) is 1.31. The molecule has 0 radical (unpaired) electrons. The van der Waals surface area contributed by atoms with Crippen molar-refractivity contribution in [3.63, 3.8) is 0 Å². The smallest absolute Gasteiger partial charge is 0.254 e. The maximum atomic E-state index is 13.0. The highest BCUT2D eigenvalue weighted by Gasteiger charge is 2.35. The van der Waals surface area contributed by atoms with Gasteiger partial charge in [-0.15, -0.1) is 10.2 Å². The van der Waals surface area contributed by atoms with Gasteiger partial charge < -0.3 is 19.1 Å². The Kier molecular flexibility index (Phi) is 5.36. The van der Waals surface area contributed by atoms with E-state index in [0.717, 1.165) is 12.0 Å². The zero-order chi connectivity index (χ0) is 22.1. The number of nitrogens with one attached hydrogen (secondary N) is 1. The van der Waals surface area contributed by atoms with Crippen LogP contribution >= 0.6 is 11.3 Å². The Morgan fingerprint density at radius 3 is 2.91 bits per heavy atom. The number of likely N-dealkylation sites (tertiary alicyclic amines) is 1. The van der Waals surface area contributed by atoms with Crippen molar-refractivity contribution in [2.75, 3.05) is 25.8 Å². The summed E-state index contributed by atoms with van der Waals surface area (Å²) in [6.07, 6.45) is 1.35. The highest BCUT2D eigenvalue weighted by atomic mass is 32.1. The SMILES string of the molecule is COc1cccc(C(=O)N2CCCC2C(=O)Nc2nnc(-c3ccc4c(c3)OCO4)s2)c1. The normalized spacial score (nSPS) is 16.8. The van der Waals surface area contributed by atoms with Crippen LogP contribution in [0.4, 0.5) is 5.13 Å². The van der Waals surface area contributed by atoms with Crippen LogP contribution in [-0.2, 0) is 4.79 Å². The van der Waals surface area contributed by atoms with Crippen LogP contribution in [0.1, 0.15) is 23.2 Å². The van der Waals surface area contributed by atoms with E-state index >= 15 is 0 Å². The van der Waals surface area contributed by atoms with Crippen LogP contribution in [0.5, 0.6) is 17.2 Å². The summed E-state index contributed by atoms with van der Waals surface area (Å²) in [5.74, 6) is 1.47. The van der Waals surface area contributed by atoms with Crippen molar-refractivity contribution in [1.29, 1.82) is 0 Å². The Hall–Kier alpha value is -3.66. The highest BCUT2D eigenvalue weighted by molar-refractivity contribution is 7.18. The fraction of sp³-hybridized carbons (Fsp3) is 0.273. The second-order valence-corrected chi connectivity index (χ2v) is 8.34. The molecule has 1 fully saturated rings. The lowest BCUT2D eigenvalue weighted by molar-refractivity contribution is -0.119. The van der Waals surface area contributed by atoms with Gasteiger partial charge in [-0.3, -0.25) is 14.9 Å².